The molecule has 1 aliphatic rings. The lowest BCUT2D eigenvalue weighted by molar-refractivity contribution is -0.118. The van der Waals surface area contributed by atoms with E-state index in [0.29, 0.717) is 6.04 Å². The second kappa shape index (κ2) is 6.20. The monoisotopic (exact) mass is 260 g/mol. The fourth-order valence-corrected chi connectivity index (χ4v) is 2.43. The summed E-state index contributed by atoms with van der Waals surface area (Å²) in [6, 6.07) is 8.16. The van der Waals surface area contributed by atoms with Crippen molar-refractivity contribution in [3.63, 3.8) is 0 Å². The van der Waals surface area contributed by atoms with E-state index in [2.05, 4.69) is 17.6 Å². The molecule has 1 aliphatic carbocycles. The van der Waals surface area contributed by atoms with Crippen LogP contribution in [-0.2, 0) is 4.79 Å². The highest BCUT2D eigenvalue weighted by Gasteiger charge is 2.26. The molecule has 0 heterocycles. The van der Waals surface area contributed by atoms with Crippen LogP contribution in [0.25, 0.3) is 0 Å². The number of nitrogens with one attached hydrogen (secondary N) is 2. The molecule has 1 amide bonds. The van der Waals surface area contributed by atoms with E-state index in [1.165, 1.54) is 24.8 Å². The predicted octanol–water partition coefficient (Wildman–Crippen LogP) is 3.10. The maximum absolute atomic E-state index is 12.1. The first-order valence-electron chi connectivity index (χ1n) is 7.20. The van der Waals surface area contributed by atoms with Crippen LogP contribution in [0.2, 0.25) is 0 Å². The van der Waals surface area contributed by atoms with E-state index in [1.54, 1.807) is 0 Å². The van der Waals surface area contributed by atoms with Gasteiger partial charge in [0.15, 0.2) is 0 Å². The number of anilines is 1. The summed E-state index contributed by atoms with van der Waals surface area (Å²) >= 11 is 0. The summed E-state index contributed by atoms with van der Waals surface area (Å²) in [5.74, 6) is 0.782. The van der Waals surface area contributed by atoms with E-state index in [1.807, 2.05) is 38.1 Å². The largest absolute Gasteiger partial charge is 0.325 e. The van der Waals surface area contributed by atoms with Crippen LogP contribution >= 0.6 is 0 Å². The highest BCUT2D eigenvalue weighted by Crippen LogP contribution is 2.29. The first-order valence-corrected chi connectivity index (χ1v) is 7.20. The Hall–Kier alpha value is -1.35. The van der Waals surface area contributed by atoms with Gasteiger partial charge in [-0.1, -0.05) is 24.1 Å². The number of carbonyl (C=O) groups excluding carboxylic acids is 1. The Balaban J connectivity index is 1.83. The van der Waals surface area contributed by atoms with Gasteiger partial charge in [-0.3, -0.25) is 4.79 Å². The Morgan fingerprint density at radius 2 is 1.84 bits per heavy atom. The van der Waals surface area contributed by atoms with E-state index < -0.39 is 0 Å². The summed E-state index contributed by atoms with van der Waals surface area (Å²) in [4.78, 5) is 12.1. The lowest BCUT2D eigenvalue weighted by Crippen LogP contribution is -2.47. The highest BCUT2D eigenvalue weighted by molar-refractivity contribution is 5.94. The molecule has 1 aromatic rings. The van der Waals surface area contributed by atoms with E-state index in [0.717, 1.165) is 11.6 Å². The zero-order chi connectivity index (χ0) is 13.8. The number of carbonyl (C=O) groups is 1. The van der Waals surface area contributed by atoms with Crippen molar-refractivity contribution < 1.29 is 4.79 Å². The van der Waals surface area contributed by atoms with Gasteiger partial charge in [0.2, 0.25) is 5.91 Å². The van der Waals surface area contributed by atoms with Crippen molar-refractivity contribution in [3.8, 4) is 0 Å². The number of aryl methyl sites for hydroxylation is 1. The molecular weight excluding hydrogens is 236 g/mol. The molecule has 19 heavy (non-hydrogen) atoms. The van der Waals surface area contributed by atoms with Crippen LogP contribution in [-0.4, -0.2) is 18.0 Å². The van der Waals surface area contributed by atoms with Gasteiger partial charge in [-0.2, -0.15) is 0 Å². The van der Waals surface area contributed by atoms with Gasteiger partial charge in [0.1, 0.15) is 0 Å². The van der Waals surface area contributed by atoms with Gasteiger partial charge in [-0.25, -0.2) is 0 Å². The average Bonchev–Trinajstić information content (AvgIpc) is 2.29. The van der Waals surface area contributed by atoms with E-state index in [9.17, 15) is 4.79 Å². The van der Waals surface area contributed by atoms with Crippen molar-refractivity contribution in [1.82, 2.24) is 5.32 Å². The Bertz CT molecular complexity index is 423. The van der Waals surface area contributed by atoms with Crippen molar-refractivity contribution in [2.45, 2.75) is 52.1 Å². The summed E-state index contributed by atoms with van der Waals surface area (Å²) in [5, 5.41) is 6.35. The molecule has 0 spiro atoms. The van der Waals surface area contributed by atoms with Crippen LogP contribution < -0.4 is 10.6 Å². The molecule has 0 bridgehead atoms. The number of hydrogen-bond donors (Lipinski definition) is 2. The van der Waals surface area contributed by atoms with Crippen LogP contribution in [0.5, 0.6) is 0 Å². The van der Waals surface area contributed by atoms with Crippen molar-refractivity contribution >= 4 is 11.6 Å². The van der Waals surface area contributed by atoms with Gasteiger partial charge in [0.05, 0.1) is 6.04 Å². The van der Waals surface area contributed by atoms with Crippen LogP contribution in [0.4, 0.5) is 5.69 Å². The molecule has 0 aliphatic heterocycles. The quantitative estimate of drug-likeness (QED) is 0.854. The van der Waals surface area contributed by atoms with E-state index in [-0.39, 0.29) is 11.9 Å². The third-order valence-electron chi connectivity index (χ3n) is 4.08. The Kier molecular flexibility index (Phi) is 4.59. The topological polar surface area (TPSA) is 41.1 Å². The molecule has 0 radical (unpaired) electrons. The standard InChI is InChI=1S/C16H24N2O/c1-11-7-9-15(10-8-11)18-16(19)13(3)17-12(2)14-5-4-6-14/h7-10,12-14,17H,4-6H2,1-3H3,(H,18,19). The van der Waals surface area contributed by atoms with Gasteiger partial charge in [0, 0.05) is 11.7 Å². The molecule has 2 unspecified atom stereocenters. The van der Waals surface area contributed by atoms with E-state index >= 15 is 0 Å². The SMILES string of the molecule is Cc1ccc(NC(=O)C(C)NC(C)C2CCC2)cc1. The molecular formula is C16H24N2O. The van der Waals surface area contributed by atoms with Gasteiger partial charge in [-0.15, -0.1) is 0 Å². The second-order valence-corrected chi connectivity index (χ2v) is 5.72. The number of amides is 1. The maximum Gasteiger partial charge on any atom is 0.241 e. The Labute approximate surface area is 115 Å². The zero-order valence-corrected chi connectivity index (χ0v) is 12.1. The molecule has 2 N–H and O–H groups in total. The Morgan fingerprint density at radius 1 is 1.21 bits per heavy atom. The van der Waals surface area contributed by atoms with Crippen LogP contribution in [0, 0.1) is 12.8 Å². The first kappa shape index (κ1) is 14.1. The number of hydrogen-bond acceptors (Lipinski definition) is 2. The van der Waals surface area contributed by atoms with Crippen LogP contribution in [0.15, 0.2) is 24.3 Å². The summed E-state index contributed by atoms with van der Waals surface area (Å²) < 4.78 is 0. The molecule has 0 aromatic heterocycles. The fraction of sp³-hybridized carbons (Fsp3) is 0.562. The normalized spacial score (nSPS) is 18.5. The summed E-state index contributed by atoms with van der Waals surface area (Å²) in [6.07, 6.45) is 3.92. The van der Waals surface area contributed by atoms with Gasteiger partial charge in [0.25, 0.3) is 0 Å². The number of benzene rings is 1. The van der Waals surface area contributed by atoms with Crippen LogP contribution in [0.3, 0.4) is 0 Å². The van der Waals surface area contributed by atoms with Gasteiger partial charge in [-0.05, 0) is 51.7 Å². The van der Waals surface area contributed by atoms with Crippen molar-refractivity contribution in [3.05, 3.63) is 29.8 Å². The highest BCUT2D eigenvalue weighted by atomic mass is 16.2. The minimum atomic E-state index is -0.156. The third-order valence-corrected chi connectivity index (χ3v) is 4.08. The minimum Gasteiger partial charge on any atom is -0.325 e. The van der Waals surface area contributed by atoms with Crippen LogP contribution in [0.1, 0.15) is 38.7 Å². The Morgan fingerprint density at radius 3 is 2.37 bits per heavy atom. The molecule has 3 heteroatoms. The first-order chi connectivity index (χ1) is 9.06. The smallest absolute Gasteiger partial charge is 0.241 e. The second-order valence-electron chi connectivity index (χ2n) is 5.72. The minimum absolute atomic E-state index is 0.0371. The fourth-order valence-electron chi connectivity index (χ4n) is 2.43. The zero-order valence-electron chi connectivity index (χ0n) is 12.1. The average molecular weight is 260 g/mol. The van der Waals surface area contributed by atoms with Crippen molar-refractivity contribution in [2.75, 3.05) is 5.32 Å². The summed E-state index contributed by atoms with van der Waals surface area (Å²) in [7, 11) is 0. The molecule has 0 saturated heterocycles. The maximum atomic E-state index is 12.1. The lowest BCUT2D eigenvalue weighted by Gasteiger charge is -2.33. The molecule has 1 aromatic carbocycles. The third kappa shape index (κ3) is 3.80. The molecule has 1 fully saturated rings. The molecule has 104 valence electrons. The van der Waals surface area contributed by atoms with Gasteiger partial charge >= 0.3 is 0 Å². The van der Waals surface area contributed by atoms with Crippen molar-refractivity contribution in [2.24, 2.45) is 5.92 Å². The van der Waals surface area contributed by atoms with Crippen molar-refractivity contribution in [1.29, 1.82) is 0 Å². The molecule has 2 rings (SSSR count). The molecule has 3 nitrogen and oxygen atoms in total. The number of rotatable bonds is 5. The van der Waals surface area contributed by atoms with E-state index in [4.69, 9.17) is 0 Å². The predicted molar refractivity (Wildman–Crippen MR) is 79.2 cm³/mol. The lowest BCUT2D eigenvalue weighted by atomic mass is 9.80. The van der Waals surface area contributed by atoms with Gasteiger partial charge < -0.3 is 10.6 Å². The summed E-state index contributed by atoms with van der Waals surface area (Å²) in [6.45, 7) is 6.15. The molecule has 1 saturated carbocycles. The molecule has 2 atom stereocenters. The summed E-state index contributed by atoms with van der Waals surface area (Å²) in [5.41, 5.74) is 2.06.